The van der Waals surface area contributed by atoms with Gasteiger partial charge in [-0.3, -0.25) is 9.48 Å². The number of nitrogens with zero attached hydrogens (tertiary/aromatic N) is 2. The van der Waals surface area contributed by atoms with Gasteiger partial charge >= 0.3 is 0 Å². The van der Waals surface area contributed by atoms with E-state index in [0.717, 1.165) is 36.1 Å². The number of aromatic nitrogens is 2. The minimum Gasteiger partial charge on any atom is -0.352 e. The Balaban J connectivity index is 1.54. The average molecular weight is 371 g/mol. The summed E-state index contributed by atoms with van der Waals surface area (Å²) in [5.74, 6) is 0.226. The molecule has 1 aliphatic rings. The Bertz CT molecular complexity index is 944. The SMILES string of the molecule is O=C(NCc1cn(Cc2ccccc2)nc1-c1ccccc1)[C@H]1CC=CCC1. The number of carbonyl (C=O) groups is 1. The zero-order chi connectivity index (χ0) is 19.2. The Morgan fingerprint density at radius 1 is 1.04 bits per heavy atom. The van der Waals surface area contributed by atoms with Crippen LogP contribution in [0, 0.1) is 5.92 Å². The van der Waals surface area contributed by atoms with Crippen LogP contribution in [-0.4, -0.2) is 15.7 Å². The number of benzene rings is 2. The third-order valence-electron chi connectivity index (χ3n) is 5.17. The molecule has 2 aromatic carbocycles. The van der Waals surface area contributed by atoms with Crippen LogP contribution in [0.2, 0.25) is 0 Å². The van der Waals surface area contributed by atoms with Gasteiger partial charge in [0.25, 0.3) is 0 Å². The van der Waals surface area contributed by atoms with E-state index in [0.29, 0.717) is 13.1 Å². The Morgan fingerprint density at radius 3 is 2.50 bits per heavy atom. The first-order valence-corrected chi connectivity index (χ1v) is 9.88. The zero-order valence-electron chi connectivity index (χ0n) is 15.9. The standard InChI is InChI=1S/C24H25N3O/c28-24(21-14-8-3-9-15-21)25-16-22-18-27(17-19-10-4-1-5-11-19)26-23(22)20-12-6-2-7-13-20/h1-8,10-13,18,21H,9,14-17H2,(H,25,28)/t21-/m0/s1. The quantitative estimate of drug-likeness (QED) is 0.645. The van der Waals surface area contributed by atoms with Crippen molar-refractivity contribution in [1.82, 2.24) is 15.1 Å². The molecule has 4 nitrogen and oxygen atoms in total. The predicted octanol–water partition coefficient (Wildman–Crippen LogP) is 4.57. The summed E-state index contributed by atoms with van der Waals surface area (Å²) in [5.41, 5.74) is 4.25. The number of allylic oxidation sites excluding steroid dienone is 2. The number of nitrogens with one attached hydrogen (secondary N) is 1. The summed E-state index contributed by atoms with van der Waals surface area (Å²) in [4.78, 5) is 12.5. The lowest BCUT2D eigenvalue weighted by Crippen LogP contribution is -2.30. The summed E-state index contributed by atoms with van der Waals surface area (Å²) in [7, 11) is 0. The van der Waals surface area contributed by atoms with Crippen LogP contribution in [0.5, 0.6) is 0 Å². The van der Waals surface area contributed by atoms with Gasteiger partial charge in [0.2, 0.25) is 5.91 Å². The van der Waals surface area contributed by atoms with Gasteiger partial charge in [0.05, 0.1) is 12.2 Å². The van der Waals surface area contributed by atoms with Crippen LogP contribution < -0.4 is 5.32 Å². The predicted molar refractivity (Wildman–Crippen MR) is 112 cm³/mol. The van der Waals surface area contributed by atoms with Crippen LogP contribution in [0.4, 0.5) is 0 Å². The van der Waals surface area contributed by atoms with Gasteiger partial charge < -0.3 is 5.32 Å². The van der Waals surface area contributed by atoms with Crippen LogP contribution in [0.3, 0.4) is 0 Å². The second kappa shape index (κ2) is 8.70. The molecule has 0 fully saturated rings. The van der Waals surface area contributed by atoms with Gasteiger partial charge in [-0.1, -0.05) is 72.8 Å². The molecular formula is C24H25N3O. The largest absolute Gasteiger partial charge is 0.352 e. The van der Waals surface area contributed by atoms with Crippen molar-refractivity contribution in [1.29, 1.82) is 0 Å². The van der Waals surface area contributed by atoms with Crippen molar-refractivity contribution >= 4 is 5.91 Å². The molecule has 1 N–H and O–H groups in total. The van der Waals surface area contributed by atoms with Crippen molar-refractivity contribution in [3.05, 3.63) is 90.1 Å². The van der Waals surface area contributed by atoms with Crippen LogP contribution in [0.1, 0.15) is 30.4 Å². The molecule has 1 aromatic heterocycles. The molecule has 1 aliphatic carbocycles. The maximum atomic E-state index is 12.5. The van der Waals surface area contributed by atoms with Gasteiger partial charge in [-0.25, -0.2) is 0 Å². The molecule has 0 radical (unpaired) electrons. The minimum absolute atomic E-state index is 0.0875. The van der Waals surface area contributed by atoms with E-state index < -0.39 is 0 Å². The lowest BCUT2D eigenvalue weighted by Gasteiger charge is -2.17. The molecule has 4 heteroatoms. The van der Waals surface area contributed by atoms with Crippen molar-refractivity contribution in [2.75, 3.05) is 0 Å². The first kappa shape index (κ1) is 18.2. The molecule has 0 bridgehead atoms. The summed E-state index contributed by atoms with van der Waals surface area (Å²) in [5, 5.41) is 7.95. The number of carbonyl (C=O) groups excluding carboxylic acids is 1. The van der Waals surface area contributed by atoms with Gasteiger partial charge in [-0.2, -0.15) is 5.10 Å². The van der Waals surface area contributed by atoms with E-state index in [1.54, 1.807) is 0 Å². The number of hydrogen-bond donors (Lipinski definition) is 1. The first-order chi connectivity index (χ1) is 13.8. The van der Waals surface area contributed by atoms with E-state index in [1.165, 1.54) is 5.56 Å². The van der Waals surface area contributed by atoms with Crippen molar-refractivity contribution in [2.45, 2.75) is 32.4 Å². The Kier molecular flexibility index (Phi) is 5.66. The van der Waals surface area contributed by atoms with E-state index >= 15 is 0 Å². The van der Waals surface area contributed by atoms with E-state index in [9.17, 15) is 4.79 Å². The van der Waals surface area contributed by atoms with Gasteiger partial charge in [-0.05, 0) is 24.8 Å². The lowest BCUT2D eigenvalue weighted by atomic mass is 9.93. The average Bonchev–Trinajstić information content (AvgIpc) is 3.16. The number of amides is 1. The third kappa shape index (κ3) is 4.39. The summed E-state index contributed by atoms with van der Waals surface area (Å²) >= 11 is 0. The van der Waals surface area contributed by atoms with Gasteiger partial charge in [0.1, 0.15) is 0 Å². The van der Waals surface area contributed by atoms with E-state index in [1.807, 2.05) is 41.1 Å². The van der Waals surface area contributed by atoms with E-state index in [4.69, 9.17) is 5.10 Å². The Labute approximate surface area is 165 Å². The first-order valence-electron chi connectivity index (χ1n) is 9.88. The van der Waals surface area contributed by atoms with Crippen molar-refractivity contribution in [3.63, 3.8) is 0 Å². The maximum absolute atomic E-state index is 12.5. The molecule has 1 atom stereocenters. The lowest BCUT2D eigenvalue weighted by molar-refractivity contribution is -0.125. The second-order valence-electron chi connectivity index (χ2n) is 7.25. The van der Waals surface area contributed by atoms with Crippen molar-refractivity contribution in [2.24, 2.45) is 5.92 Å². The highest BCUT2D eigenvalue weighted by atomic mass is 16.1. The van der Waals surface area contributed by atoms with Crippen LogP contribution in [-0.2, 0) is 17.9 Å². The second-order valence-corrected chi connectivity index (χ2v) is 7.25. The smallest absolute Gasteiger partial charge is 0.223 e. The molecule has 1 heterocycles. The molecule has 0 saturated heterocycles. The fraction of sp³-hybridized carbons (Fsp3) is 0.250. The molecule has 28 heavy (non-hydrogen) atoms. The van der Waals surface area contributed by atoms with Crippen molar-refractivity contribution < 1.29 is 4.79 Å². The summed E-state index contributed by atoms with van der Waals surface area (Å²) < 4.78 is 1.96. The summed E-state index contributed by atoms with van der Waals surface area (Å²) in [6.45, 7) is 1.21. The van der Waals surface area contributed by atoms with Crippen LogP contribution >= 0.6 is 0 Å². The molecular weight excluding hydrogens is 346 g/mol. The van der Waals surface area contributed by atoms with Crippen molar-refractivity contribution in [3.8, 4) is 11.3 Å². The van der Waals surface area contributed by atoms with Crippen LogP contribution in [0.15, 0.2) is 79.0 Å². The maximum Gasteiger partial charge on any atom is 0.223 e. The van der Waals surface area contributed by atoms with Gasteiger partial charge in [0.15, 0.2) is 0 Å². The molecule has 0 saturated carbocycles. The summed E-state index contributed by atoms with van der Waals surface area (Å²) in [6, 6.07) is 20.5. The molecule has 4 rings (SSSR count). The fourth-order valence-electron chi connectivity index (χ4n) is 3.64. The minimum atomic E-state index is 0.0875. The molecule has 0 aliphatic heterocycles. The van der Waals surface area contributed by atoms with Crippen LogP contribution in [0.25, 0.3) is 11.3 Å². The highest BCUT2D eigenvalue weighted by molar-refractivity contribution is 5.79. The molecule has 3 aromatic rings. The monoisotopic (exact) mass is 371 g/mol. The summed E-state index contributed by atoms with van der Waals surface area (Å²) in [6.07, 6.45) is 9.08. The molecule has 0 spiro atoms. The molecule has 142 valence electrons. The Hall–Kier alpha value is -3.14. The van der Waals surface area contributed by atoms with E-state index in [2.05, 4.69) is 47.9 Å². The van der Waals surface area contributed by atoms with Gasteiger partial charge in [0, 0.05) is 29.8 Å². The Morgan fingerprint density at radius 2 is 1.79 bits per heavy atom. The number of hydrogen-bond acceptors (Lipinski definition) is 2. The zero-order valence-corrected chi connectivity index (χ0v) is 15.9. The highest BCUT2D eigenvalue weighted by Gasteiger charge is 2.19. The fourth-order valence-corrected chi connectivity index (χ4v) is 3.64. The van der Waals surface area contributed by atoms with E-state index in [-0.39, 0.29) is 11.8 Å². The number of rotatable bonds is 6. The van der Waals surface area contributed by atoms with Gasteiger partial charge in [-0.15, -0.1) is 0 Å². The normalized spacial score (nSPS) is 16.1. The topological polar surface area (TPSA) is 46.9 Å². The highest BCUT2D eigenvalue weighted by Crippen LogP contribution is 2.23. The molecule has 0 unspecified atom stereocenters. The molecule has 1 amide bonds. The third-order valence-corrected chi connectivity index (χ3v) is 5.17.